The van der Waals surface area contributed by atoms with Crippen molar-refractivity contribution in [2.75, 3.05) is 27.3 Å². The molecule has 1 aromatic carbocycles. The van der Waals surface area contributed by atoms with E-state index in [1.807, 2.05) is 0 Å². The van der Waals surface area contributed by atoms with Gasteiger partial charge in [-0.3, -0.25) is 14.9 Å². The summed E-state index contributed by atoms with van der Waals surface area (Å²) in [4.78, 5) is 22.0. The minimum absolute atomic E-state index is 0.185. The Kier molecular flexibility index (Phi) is 6.15. The number of hydrogen-bond donors (Lipinski definition) is 2. The van der Waals surface area contributed by atoms with Crippen LogP contribution in [-0.2, 0) is 4.79 Å². The van der Waals surface area contributed by atoms with E-state index in [0.717, 1.165) is 0 Å². The molecule has 8 heteroatoms. The zero-order valence-electron chi connectivity index (χ0n) is 11.8. The lowest BCUT2D eigenvalue weighted by Gasteiger charge is -2.08. The zero-order valence-corrected chi connectivity index (χ0v) is 11.8. The van der Waals surface area contributed by atoms with Gasteiger partial charge in [0.15, 0.2) is 11.5 Å². The van der Waals surface area contributed by atoms with Crippen LogP contribution < -0.4 is 20.5 Å². The molecule has 114 valence electrons. The number of nitrogens with one attached hydrogen (secondary N) is 1. The molecule has 0 aromatic heterocycles. The van der Waals surface area contributed by atoms with E-state index in [1.165, 1.54) is 38.5 Å². The topological polar surface area (TPSA) is 117 Å². The highest BCUT2D eigenvalue weighted by Crippen LogP contribution is 2.35. The fourth-order valence-electron chi connectivity index (χ4n) is 1.60. The maximum atomic E-state index is 11.5. The third kappa shape index (κ3) is 4.46. The van der Waals surface area contributed by atoms with Crippen molar-refractivity contribution in [1.29, 1.82) is 0 Å². The number of amides is 1. The molecule has 1 amide bonds. The molecule has 0 aliphatic heterocycles. The van der Waals surface area contributed by atoms with Gasteiger partial charge in [-0.2, -0.15) is 0 Å². The van der Waals surface area contributed by atoms with E-state index < -0.39 is 4.92 Å². The largest absolute Gasteiger partial charge is 0.493 e. The number of benzene rings is 1. The summed E-state index contributed by atoms with van der Waals surface area (Å²) < 4.78 is 10.1. The monoisotopic (exact) mass is 295 g/mol. The van der Waals surface area contributed by atoms with Crippen LogP contribution in [0.15, 0.2) is 18.2 Å². The van der Waals surface area contributed by atoms with E-state index in [2.05, 4.69) is 5.32 Å². The third-order valence-electron chi connectivity index (χ3n) is 2.59. The molecule has 0 saturated heterocycles. The van der Waals surface area contributed by atoms with Gasteiger partial charge in [0.2, 0.25) is 5.91 Å². The van der Waals surface area contributed by atoms with Crippen LogP contribution in [0.1, 0.15) is 5.56 Å². The first-order valence-electron chi connectivity index (χ1n) is 6.09. The van der Waals surface area contributed by atoms with Crippen LogP contribution >= 0.6 is 0 Å². The minimum Gasteiger partial charge on any atom is -0.493 e. The SMILES string of the molecule is COc1cc(/C=C/C(=O)NCCN)c([N+](=O)[O-])cc1OC. The fraction of sp³-hybridized carbons (Fsp3) is 0.308. The lowest BCUT2D eigenvalue weighted by atomic mass is 10.1. The normalized spacial score (nSPS) is 10.4. The molecule has 8 nitrogen and oxygen atoms in total. The molecule has 0 radical (unpaired) electrons. The molecular weight excluding hydrogens is 278 g/mol. The van der Waals surface area contributed by atoms with E-state index in [4.69, 9.17) is 15.2 Å². The summed E-state index contributed by atoms with van der Waals surface area (Å²) in [5, 5.41) is 13.6. The van der Waals surface area contributed by atoms with Crippen LogP contribution in [-0.4, -0.2) is 38.1 Å². The molecule has 0 aliphatic rings. The van der Waals surface area contributed by atoms with Crippen LogP contribution in [0.2, 0.25) is 0 Å². The molecule has 0 fully saturated rings. The number of carbonyl (C=O) groups is 1. The zero-order chi connectivity index (χ0) is 15.8. The Morgan fingerprint density at radius 2 is 2.00 bits per heavy atom. The summed E-state index contributed by atoms with van der Waals surface area (Å²) in [5.74, 6) is 0.198. The number of ether oxygens (including phenoxy) is 2. The Morgan fingerprint density at radius 1 is 1.38 bits per heavy atom. The second-order valence-electron chi connectivity index (χ2n) is 3.94. The smallest absolute Gasteiger partial charge is 0.280 e. The Hall–Kier alpha value is -2.61. The van der Waals surface area contributed by atoms with Crippen LogP contribution in [0.5, 0.6) is 11.5 Å². The molecule has 0 unspecified atom stereocenters. The fourth-order valence-corrected chi connectivity index (χ4v) is 1.60. The Bertz CT molecular complexity index is 557. The van der Waals surface area contributed by atoms with Gasteiger partial charge in [0, 0.05) is 19.2 Å². The van der Waals surface area contributed by atoms with Crippen molar-refractivity contribution >= 4 is 17.7 Å². The first-order chi connectivity index (χ1) is 10.0. The first-order valence-corrected chi connectivity index (χ1v) is 6.09. The van der Waals surface area contributed by atoms with Crippen molar-refractivity contribution in [3.05, 3.63) is 33.9 Å². The van der Waals surface area contributed by atoms with Crippen molar-refractivity contribution < 1.29 is 19.2 Å². The van der Waals surface area contributed by atoms with Crippen molar-refractivity contribution in [3.63, 3.8) is 0 Å². The van der Waals surface area contributed by atoms with E-state index in [-0.39, 0.29) is 22.9 Å². The first kappa shape index (κ1) is 16.4. The number of rotatable bonds is 7. The Morgan fingerprint density at radius 3 is 2.52 bits per heavy atom. The van der Waals surface area contributed by atoms with Gasteiger partial charge in [-0.15, -0.1) is 0 Å². The molecule has 0 atom stereocenters. The van der Waals surface area contributed by atoms with Gasteiger partial charge < -0.3 is 20.5 Å². The maximum Gasteiger partial charge on any atom is 0.280 e. The Labute approximate surface area is 121 Å². The number of nitrogens with zero attached hydrogens (tertiary/aromatic N) is 1. The molecular formula is C13H17N3O5. The summed E-state index contributed by atoms with van der Waals surface area (Å²) >= 11 is 0. The molecule has 21 heavy (non-hydrogen) atoms. The van der Waals surface area contributed by atoms with Gasteiger partial charge >= 0.3 is 0 Å². The second kappa shape index (κ2) is 7.85. The van der Waals surface area contributed by atoms with E-state index in [0.29, 0.717) is 18.8 Å². The number of nitro benzene ring substituents is 1. The van der Waals surface area contributed by atoms with Crippen LogP contribution in [0.25, 0.3) is 6.08 Å². The van der Waals surface area contributed by atoms with Crippen molar-refractivity contribution in [2.45, 2.75) is 0 Å². The molecule has 3 N–H and O–H groups in total. The summed E-state index contributed by atoms with van der Waals surface area (Å²) in [5.41, 5.74) is 5.31. The molecule has 0 bridgehead atoms. The van der Waals surface area contributed by atoms with Crippen molar-refractivity contribution in [3.8, 4) is 11.5 Å². The highest BCUT2D eigenvalue weighted by Gasteiger charge is 2.17. The highest BCUT2D eigenvalue weighted by molar-refractivity contribution is 5.92. The summed E-state index contributed by atoms with van der Waals surface area (Å²) in [6.45, 7) is 0.646. The van der Waals surface area contributed by atoms with Crippen molar-refractivity contribution in [2.24, 2.45) is 5.73 Å². The lowest BCUT2D eigenvalue weighted by molar-refractivity contribution is -0.385. The quantitative estimate of drug-likeness (QED) is 0.434. The number of nitro groups is 1. The summed E-state index contributed by atoms with van der Waals surface area (Å²) in [7, 11) is 2.81. The Balaban J connectivity index is 3.12. The summed E-state index contributed by atoms with van der Waals surface area (Å²) in [6, 6.07) is 2.68. The molecule has 0 saturated carbocycles. The number of nitrogens with two attached hydrogens (primary N) is 1. The van der Waals surface area contributed by atoms with Gasteiger partial charge in [-0.05, 0) is 12.1 Å². The van der Waals surface area contributed by atoms with Crippen LogP contribution in [0.4, 0.5) is 5.69 Å². The molecule has 0 heterocycles. The lowest BCUT2D eigenvalue weighted by Crippen LogP contribution is -2.27. The second-order valence-corrected chi connectivity index (χ2v) is 3.94. The predicted octanol–water partition coefficient (Wildman–Crippen LogP) is 0.700. The number of carbonyl (C=O) groups excluding carboxylic acids is 1. The standard InChI is InChI=1S/C13H17N3O5/c1-20-11-7-9(3-4-13(17)15-6-5-14)10(16(18)19)8-12(11)21-2/h3-4,7-8H,5-6,14H2,1-2H3,(H,15,17)/b4-3+. The van der Waals surface area contributed by atoms with Gasteiger partial charge in [-0.1, -0.05) is 0 Å². The van der Waals surface area contributed by atoms with E-state index in [9.17, 15) is 14.9 Å². The van der Waals surface area contributed by atoms with Gasteiger partial charge in [0.05, 0.1) is 30.8 Å². The van der Waals surface area contributed by atoms with Gasteiger partial charge in [0.1, 0.15) is 0 Å². The number of methoxy groups -OCH3 is 2. The van der Waals surface area contributed by atoms with E-state index >= 15 is 0 Å². The van der Waals surface area contributed by atoms with E-state index in [1.54, 1.807) is 0 Å². The number of hydrogen-bond acceptors (Lipinski definition) is 6. The third-order valence-corrected chi connectivity index (χ3v) is 2.59. The minimum atomic E-state index is -0.556. The molecule has 0 spiro atoms. The highest BCUT2D eigenvalue weighted by atomic mass is 16.6. The average molecular weight is 295 g/mol. The maximum absolute atomic E-state index is 11.5. The van der Waals surface area contributed by atoms with Crippen LogP contribution in [0, 0.1) is 10.1 Å². The van der Waals surface area contributed by atoms with Gasteiger partial charge in [-0.25, -0.2) is 0 Å². The summed E-state index contributed by atoms with van der Waals surface area (Å²) in [6.07, 6.45) is 2.54. The van der Waals surface area contributed by atoms with Crippen LogP contribution in [0.3, 0.4) is 0 Å². The predicted molar refractivity (Wildman–Crippen MR) is 77.3 cm³/mol. The molecule has 1 rings (SSSR count). The average Bonchev–Trinajstić information content (AvgIpc) is 2.49. The van der Waals surface area contributed by atoms with Crippen molar-refractivity contribution in [1.82, 2.24) is 5.32 Å². The van der Waals surface area contributed by atoms with Gasteiger partial charge in [0.25, 0.3) is 5.69 Å². The molecule has 0 aliphatic carbocycles. The molecule has 1 aromatic rings.